The summed E-state index contributed by atoms with van der Waals surface area (Å²) in [6.45, 7) is 3.89. The van der Waals surface area contributed by atoms with Crippen LogP contribution >= 0.6 is 23.2 Å². The number of nitrogens with one attached hydrogen (secondary N) is 1. The number of carbonyl (C=O) groups is 1. The molecule has 0 saturated carbocycles. The maximum atomic E-state index is 12.3. The van der Waals surface area contributed by atoms with Crippen molar-refractivity contribution in [3.63, 3.8) is 0 Å². The van der Waals surface area contributed by atoms with Crippen molar-refractivity contribution in [1.82, 2.24) is 9.99 Å². The van der Waals surface area contributed by atoms with Crippen molar-refractivity contribution in [2.45, 2.75) is 19.8 Å². The molecule has 2 aromatic carbocycles. The molecule has 0 aliphatic carbocycles. The minimum atomic E-state index is -0.922. The van der Waals surface area contributed by atoms with Crippen LogP contribution in [0.3, 0.4) is 0 Å². The van der Waals surface area contributed by atoms with Crippen molar-refractivity contribution >= 4 is 35.3 Å². The number of rotatable bonds is 5. The second kappa shape index (κ2) is 8.95. The van der Waals surface area contributed by atoms with Gasteiger partial charge in [-0.25, -0.2) is 5.43 Å². The molecule has 0 fully saturated rings. The van der Waals surface area contributed by atoms with Gasteiger partial charge < -0.3 is 4.57 Å². The van der Waals surface area contributed by atoms with Gasteiger partial charge in [-0.1, -0.05) is 53.5 Å². The normalized spacial score (nSPS) is 12.0. The van der Waals surface area contributed by atoms with Crippen LogP contribution in [0.1, 0.15) is 28.4 Å². The smallest absolute Gasteiger partial charge is 0.261 e. The van der Waals surface area contributed by atoms with Crippen LogP contribution in [0, 0.1) is 25.2 Å². The molecule has 7 heteroatoms. The molecule has 1 atom stereocenters. The van der Waals surface area contributed by atoms with Crippen LogP contribution in [0.5, 0.6) is 0 Å². The number of hydrogen-bond donors (Lipinski definition) is 1. The van der Waals surface area contributed by atoms with Gasteiger partial charge in [-0.05, 0) is 43.7 Å². The van der Waals surface area contributed by atoms with Crippen molar-refractivity contribution in [2.75, 3.05) is 0 Å². The molecule has 1 heterocycles. The molecule has 0 spiro atoms. The van der Waals surface area contributed by atoms with E-state index in [0.717, 1.165) is 22.6 Å². The summed E-state index contributed by atoms with van der Waals surface area (Å²) in [7, 11) is 0. The third-order valence-electron chi connectivity index (χ3n) is 4.48. The van der Waals surface area contributed by atoms with Crippen LogP contribution in [0.25, 0.3) is 5.69 Å². The highest BCUT2D eigenvalue weighted by Crippen LogP contribution is 2.26. The van der Waals surface area contributed by atoms with Gasteiger partial charge in [0, 0.05) is 32.7 Å². The molecule has 0 saturated heterocycles. The molecule has 1 N–H and O–H groups in total. The van der Waals surface area contributed by atoms with Gasteiger partial charge in [-0.3, -0.25) is 4.79 Å². The maximum Gasteiger partial charge on any atom is 0.261 e. The van der Waals surface area contributed by atoms with E-state index in [0.29, 0.717) is 15.6 Å². The monoisotopic (exact) mass is 424 g/mol. The van der Waals surface area contributed by atoms with Crippen LogP contribution in [0.15, 0.2) is 59.7 Å². The number of nitriles is 1. The van der Waals surface area contributed by atoms with Crippen LogP contribution in [0.4, 0.5) is 0 Å². The Bertz CT molecular complexity index is 1090. The molecule has 0 unspecified atom stereocenters. The molecule has 0 aliphatic heterocycles. The molecule has 1 amide bonds. The van der Waals surface area contributed by atoms with Gasteiger partial charge in [0.2, 0.25) is 0 Å². The van der Waals surface area contributed by atoms with E-state index in [1.54, 1.807) is 36.5 Å². The Morgan fingerprint density at radius 2 is 1.79 bits per heavy atom. The third kappa shape index (κ3) is 4.68. The molecular formula is C22H18Cl2N4O. The Balaban J connectivity index is 1.80. The Kier molecular flexibility index (Phi) is 6.38. The average molecular weight is 425 g/mol. The highest BCUT2D eigenvalue weighted by Gasteiger charge is 2.19. The van der Waals surface area contributed by atoms with E-state index >= 15 is 0 Å². The van der Waals surface area contributed by atoms with E-state index in [1.165, 1.54) is 0 Å². The van der Waals surface area contributed by atoms with E-state index in [1.807, 2.05) is 48.7 Å². The lowest BCUT2D eigenvalue weighted by Gasteiger charge is -2.10. The molecule has 29 heavy (non-hydrogen) atoms. The highest BCUT2D eigenvalue weighted by atomic mass is 35.5. The van der Waals surface area contributed by atoms with E-state index in [4.69, 9.17) is 23.2 Å². The molecule has 5 nitrogen and oxygen atoms in total. The number of hydrogen-bond acceptors (Lipinski definition) is 3. The zero-order valence-corrected chi connectivity index (χ0v) is 17.4. The number of nitrogens with zero attached hydrogens (tertiary/aromatic N) is 3. The van der Waals surface area contributed by atoms with Crippen molar-refractivity contribution < 1.29 is 4.79 Å². The van der Waals surface area contributed by atoms with E-state index in [-0.39, 0.29) is 0 Å². The molecule has 146 valence electrons. The number of halogens is 2. The standard InChI is InChI=1S/C22H18Cl2N4O/c1-14-8-17(15(2)28(14)20-10-18(23)9-19(24)11-20)13-26-27-22(29)21(12-25)16-6-4-3-5-7-16/h3-11,13,21H,1-2H3,(H,27,29)/b26-13-/t21-/m0/s1. The Labute approximate surface area is 179 Å². The molecule has 1 aromatic heterocycles. The fourth-order valence-corrected chi connectivity index (χ4v) is 3.66. The molecule has 0 aliphatic rings. The van der Waals surface area contributed by atoms with Gasteiger partial charge in [-0.15, -0.1) is 0 Å². The van der Waals surface area contributed by atoms with Crippen LogP contribution < -0.4 is 5.43 Å². The van der Waals surface area contributed by atoms with E-state index in [9.17, 15) is 10.1 Å². The lowest BCUT2D eigenvalue weighted by atomic mass is 10.0. The topological polar surface area (TPSA) is 70.2 Å². The maximum absolute atomic E-state index is 12.3. The third-order valence-corrected chi connectivity index (χ3v) is 4.91. The molecule has 3 rings (SSSR count). The minimum Gasteiger partial charge on any atom is -0.318 e. The van der Waals surface area contributed by atoms with E-state index < -0.39 is 11.8 Å². The highest BCUT2D eigenvalue weighted by molar-refractivity contribution is 6.34. The Hall–Kier alpha value is -3.07. The summed E-state index contributed by atoms with van der Waals surface area (Å²) < 4.78 is 2.00. The van der Waals surface area contributed by atoms with Crippen LogP contribution in [-0.4, -0.2) is 16.7 Å². The summed E-state index contributed by atoms with van der Waals surface area (Å²) in [5.41, 5.74) is 6.62. The Morgan fingerprint density at radius 3 is 2.41 bits per heavy atom. The molecule has 0 radical (unpaired) electrons. The number of amides is 1. The largest absolute Gasteiger partial charge is 0.318 e. The summed E-state index contributed by atoms with van der Waals surface area (Å²) in [5, 5.41) is 14.5. The SMILES string of the molecule is Cc1cc(/C=N\NC(=O)[C@@H](C#N)c2ccccc2)c(C)n1-c1cc(Cl)cc(Cl)c1. The van der Waals surface area contributed by atoms with E-state index in [2.05, 4.69) is 10.5 Å². The first kappa shape index (κ1) is 20.7. The summed E-state index contributed by atoms with van der Waals surface area (Å²) in [6, 6.07) is 18.2. The summed E-state index contributed by atoms with van der Waals surface area (Å²) in [5.74, 6) is -1.40. The predicted octanol–water partition coefficient (Wildman–Crippen LogP) is 5.16. The zero-order chi connectivity index (χ0) is 21.0. The van der Waals surface area contributed by atoms with Gasteiger partial charge in [0.05, 0.1) is 12.3 Å². The number of aryl methyl sites for hydroxylation is 1. The van der Waals surface area contributed by atoms with Gasteiger partial charge in [0.25, 0.3) is 5.91 Å². The number of aromatic nitrogens is 1. The number of hydrazone groups is 1. The lowest BCUT2D eigenvalue weighted by molar-refractivity contribution is -0.121. The van der Waals surface area contributed by atoms with Crippen molar-refractivity contribution in [1.29, 1.82) is 5.26 Å². The summed E-state index contributed by atoms with van der Waals surface area (Å²) >= 11 is 12.3. The first-order chi connectivity index (χ1) is 13.9. The lowest BCUT2D eigenvalue weighted by Crippen LogP contribution is -2.24. The first-order valence-electron chi connectivity index (χ1n) is 8.83. The van der Waals surface area contributed by atoms with Gasteiger partial charge in [0.1, 0.15) is 0 Å². The van der Waals surface area contributed by atoms with Crippen molar-refractivity contribution in [3.05, 3.63) is 87.2 Å². The fraction of sp³-hybridized carbons (Fsp3) is 0.136. The quantitative estimate of drug-likeness (QED) is 0.453. The average Bonchev–Trinajstić information content (AvgIpc) is 2.96. The molecular weight excluding hydrogens is 407 g/mol. The second-order valence-corrected chi connectivity index (χ2v) is 7.37. The van der Waals surface area contributed by atoms with Crippen LogP contribution in [-0.2, 0) is 4.79 Å². The molecule has 3 aromatic rings. The van der Waals surface area contributed by atoms with Gasteiger partial charge >= 0.3 is 0 Å². The molecule has 0 bridgehead atoms. The zero-order valence-electron chi connectivity index (χ0n) is 15.9. The summed E-state index contributed by atoms with van der Waals surface area (Å²) in [4.78, 5) is 12.3. The van der Waals surface area contributed by atoms with Crippen molar-refractivity contribution in [3.8, 4) is 11.8 Å². The van der Waals surface area contributed by atoms with Crippen molar-refractivity contribution in [2.24, 2.45) is 5.10 Å². The minimum absolute atomic E-state index is 0.481. The Morgan fingerprint density at radius 1 is 1.14 bits per heavy atom. The van der Waals surface area contributed by atoms with Crippen LogP contribution in [0.2, 0.25) is 10.0 Å². The van der Waals surface area contributed by atoms with Gasteiger partial charge in [-0.2, -0.15) is 10.4 Å². The van der Waals surface area contributed by atoms with Gasteiger partial charge in [0.15, 0.2) is 5.92 Å². The first-order valence-corrected chi connectivity index (χ1v) is 9.59. The predicted molar refractivity (Wildman–Crippen MR) is 116 cm³/mol. The number of carbonyl (C=O) groups excluding carboxylic acids is 1. The summed E-state index contributed by atoms with van der Waals surface area (Å²) in [6.07, 6.45) is 1.56. The fourth-order valence-electron chi connectivity index (χ4n) is 3.14. The number of benzene rings is 2. The second-order valence-electron chi connectivity index (χ2n) is 6.50.